The van der Waals surface area contributed by atoms with Crippen LogP contribution in [0.2, 0.25) is 0 Å². The van der Waals surface area contributed by atoms with Gasteiger partial charge in [0.2, 0.25) is 11.3 Å². The molecule has 0 aliphatic rings. The fourth-order valence-electron chi connectivity index (χ4n) is 0.277. The van der Waals surface area contributed by atoms with E-state index in [0.717, 1.165) is 0 Å². The second-order valence-electron chi connectivity index (χ2n) is 1.27. The van der Waals surface area contributed by atoms with E-state index in [9.17, 15) is 13.0 Å². The van der Waals surface area contributed by atoms with E-state index in [2.05, 4.69) is 4.72 Å². The van der Waals surface area contributed by atoms with Gasteiger partial charge in [0.1, 0.15) is 0 Å². The molecule has 0 aromatic rings. The van der Waals surface area contributed by atoms with E-state index in [1.807, 2.05) is 0 Å². The Morgan fingerprint density at radius 2 is 2.30 bits per heavy atom. The number of hydrogen-bond donors (Lipinski definition) is 2. The molecule has 7 heteroatoms. The van der Waals surface area contributed by atoms with Crippen LogP contribution >= 0.6 is 11.8 Å². The standard InChI is InChI=1S/C3H7F2NO2S2/c4-3(5)9-2-1-6-10(7)8/h3,6H,1-2H2,(H,7,8). The Labute approximate surface area is 64.0 Å². The Bertz CT molecular complexity index is 113. The van der Waals surface area contributed by atoms with Crippen molar-refractivity contribution in [1.82, 2.24) is 4.72 Å². The third kappa shape index (κ3) is 8.28. The number of halogens is 2. The first-order chi connectivity index (χ1) is 4.63. The largest absolute Gasteiger partial charge is 0.294 e. The van der Waals surface area contributed by atoms with Crippen LogP contribution in [0.25, 0.3) is 0 Å². The number of alkyl halides is 2. The molecule has 0 amide bonds. The topological polar surface area (TPSA) is 49.3 Å². The normalized spacial score (nSPS) is 14.0. The zero-order valence-corrected chi connectivity index (χ0v) is 6.55. The minimum absolute atomic E-state index is 0.109. The molecule has 0 radical (unpaired) electrons. The van der Waals surface area contributed by atoms with Crippen molar-refractivity contribution in [2.75, 3.05) is 12.3 Å². The van der Waals surface area contributed by atoms with E-state index in [0.29, 0.717) is 11.8 Å². The molecular formula is C3H7F2NO2S2. The fraction of sp³-hybridized carbons (Fsp3) is 1.00. The molecule has 0 aromatic carbocycles. The minimum atomic E-state index is -2.41. The van der Waals surface area contributed by atoms with Crippen molar-refractivity contribution in [3.63, 3.8) is 0 Å². The molecule has 2 N–H and O–H groups in total. The first-order valence-electron chi connectivity index (χ1n) is 2.37. The summed E-state index contributed by atoms with van der Waals surface area (Å²) in [7, 11) is 0. The molecule has 0 saturated carbocycles. The molecule has 0 aliphatic heterocycles. The molecule has 0 heterocycles. The third-order valence-electron chi connectivity index (χ3n) is 0.571. The van der Waals surface area contributed by atoms with E-state index in [-0.39, 0.29) is 12.3 Å². The molecule has 0 rings (SSSR count). The lowest BCUT2D eigenvalue weighted by molar-refractivity contribution is 0.252. The predicted molar refractivity (Wildman–Crippen MR) is 37.2 cm³/mol. The third-order valence-corrected chi connectivity index (χ3v) is 1.71. The highest BCUT2D eigenvalue weighted by atomic mass is 32.2. The van der Waals surface area contributed by atoms with Crippen molar-refractivity contribution in [3.05, 3.63) is 0 Å². The molecule has 0 bridgehead atoms. The number of hydrogen-bond acceptors (Lipinski definition) is 2. The van der Waals surface area contributed by atoms with Gasteiger partial charge < -0.3 is 0 Å². The summed E-state index contributed by atoms with van der Waals surface area (Å²) >= 11 is -1.66. The van der Waals surface area contributed by atoms with E-state index >= 15 is 0 Å². The molecule has 0 aliphatic carbocycles. The zero-order valence-electron chi connectivity index (χ0n) is 4.92. The summed E-state index contributed by atoms with van der Waals surface area (Å²) in [4.78, 5) is 0. The smallest absolute Gasteiger partial charge is 0.284 e. The van der Waals surface area contributed by atoms with Crippen LogP contribution in [0.15, 0.2) is 0 Å². The van der Waals surface area contributed by atoms with E-state index < -0.39 is 17.0 Å². The van der Waals surface area contributed by atoms with Gasteiger partial charge in [-0.05, 0) is 0 Å². The Hall–Kier alpha value is 0.280. The lowest BCUT2D eigenvalue weighted by Gasteiger charge is -1.98. The summed E-state index contributed by atoms with van der Waals surface area (Å²) in [5.74, 6) is -2.28. The van der Waals surface area contributed by atoms with Crippen LogP contribution in [0.3, 0.4) is 0 Å². The summed E-state index contributed by atoms with van der Waals surface area (Å²) in [6.07, 6.45) is 0. The van der Waals surface area contributed by atoms with Crippen LogP contribution in [-0.4, -0.2) is 26.8 Å². The van der Waals surface area contributed by atoms with Crippen LogP contribution in [-0.2, 0) is 11.3 Å². The molecule has 62 valence electrons. The highest BCUT2D eigenvalue weighted by molar-refractivity contribution is 7.99. The Morgan fingerprint density at radius 1 is 1.70 bits per heavy atom. The molecule has 0 fully saturated rings. The van der Waals surface area contributed by atoms with Gasteiger partial charge in [-0.3, -0.25) is 4.55 Å². The van der Waals surface area contributed by atoms with Gasteiger partial charge in [0, 0.05) is 12.3 Å². The van der Waals surface area contributed by atoms with Gasteiger partial charge in [-0.15, -0.1) is 0 Å². The number of nitrogens with one attached hydrogen (secondary N) is 1. The average molecular weight is 191 g/mol. The first kappa shape index (κ1) is 10.3. The summed E-state index contributed by atoms with van der Waals surface area (Å²) in [6.45, 7) is 0.109. The zero-order chi connectivity index (χ0) is 7.98. The maximum absolute atomic E-state index is 11.4. The van der Waals surface area contributed by atoms with Crippen LogP contribution < -0.4 is 4.72 Å². The quantitative estimate of drug-likeness (QED) is 0.496. The van der Waals surface area contributed by atoms with Crippen LogP contribution in [0.1, 0.15) is 0 Å². The van der Waals surface area contributed by atoms with Crippen molar-refractivity contribution in [3.8, 4) is 0 Å². The second kappa shape index (κ2) is 6.02. The lowest BCUT2D eigenvalue weighted by Crippen LogP contribution is -2.19. The van der Waals surface area contributed by atoms with Crippen molar-refractivity contribution in [1.29, 1.82) is 0 Å². The molecule has 3 nitrogen and oxygen atoms in total. The monoisotopic (exact) mass is 191 g/mol. The highest BCUT2D eigenvalue weighted by Gasteiger charge is 2.01. The molecule has 1 atom stereocenters. The van der Waals surface area contributed by atoms with Gasteiger partial charge in [-0.1, -0.05) is 11.8 Å². The summed E-state index contributed by atoms with van der Waals surface area (Å²) in [5.41, 5.74) is 0. The number of rotatable bonds is 5. The highest BCUT2D eigenvalue weighted by Crippen LogP contribution is 2.11. The van der Waals surface area contributed by atoms with E-state index in [1.165, 1.54) is 0 Å². The summed E-state index contributed by atoms with van der Waals surface area (Å²) < 4.78 is 42.7. The van der Waals surface area contributed by atoms with Crippen LogP contribution in [0.5, 0.6) is 0 Å². The van der Waals surface area contributed by atoms with Crippen LogP contribution in [0.4, 0.5) is 8.78 Å². The Morgan fingerprint density at radius 3 is 2.70 bits per heavy atom. The predicted octanol–water partition coefficient (Wildman–Crippen LogP) is 0.669. The SMILES string of the molecule is O=S(O)NCCSC(F)F. The maximum atomic E-state index is 11.4. The van der Waals surface area contributed by atoms with Gasteiger partial charge in [0.05, 0.1) is 0 Å². The molecular weight excluding hydrogens is 184 g/mol. The first-order valence-corrected chi connectivity index (χ1v) is 4.52. The molecule has 0 aromatic heterocycles. The lowest BCUT2D eigenvalue weighted by atomic mass is 10.8. The molecule has 1 unspecified atom stereocenters. The molecule has 10 heavy (non-hydrogen) atoms. The molecule has 0 saturated heterocycles. The summed E-state index contributed by atoms with van der Waals surface area (Å²) in [5, 5.41) is 0. The minimum Gasteiger partial charge on any atom is -0.294 e. The Balaban J connectivity index is 2.98. The Kier molecular flexibility index (Phi) is 6.19. The maximum Gasteiger partial charge on any atom is 0.284 e. The van der Waals surface area contributed by atoms with Gasteiger partial charge in [-0.2, -0.15) is 8.78 Å². The van der Waals surface area contributed by atoms with Crippen molar-refractivity contribution >= 4 is 23.0 Å². The van der Waals surface area contributed by atoms with Gasteiger partial charge >= 0.3 is 0 Å². The molecule has 0 spiro atoms. The van der Waals surface area contributed by atoms with E-state index in [1.54, 1.807) is 0 Å². The fourth-order valence-corrected chi connectivity index (χ4v) is 1.08. The second-order valence-corrected chi connectivity index (χ2v) is 3.16. The van der Waals surface area contributed by atoms with Crippen LogP contribution in [0, 0.1) is 0 Å². The van der Waals surface area contributed by atoms with Gasteiger partial charge in [0.15, 0.2) is 0 Å². The van der Waals surface area contributed by atoms with Crippen molar-refractivity contribution < 1.29 is 17.5 Å². The summed E-state index contributed by atoms with van der Waals surface area (Å²) in [6, 6.07) is 0. The van der Waals surface area contributed by atoms with E-state index in [4.69, 9.17) is 4.55 Å². The van der Waals surface area contributed by atoms with Crippen molar-refractivity contribution in [2.45, 2.75) is 5.76 Å². The van der Waals surface area contributed by atoms with Gasteiger partial charge in [0.25, 0.3) is 5.76 Å². The van der Waals surface area contributed by atoms with Crippen molar-refractivity contribution in [2.24, 2.45) is 0 Å². The van der Waals surface area contributed by atoms with Gasteiger partial charge in [-0.25, -0.2) is 8.93 Å². The number of thioether (sulfide) groups is 1. The average Bonchev–Trinajstić information content (AvgIpc) is 1.79.